The van der Waals surface area contributed by atoms with E-state index >= 15 is 0 Å². The highest BCUT2D eigenvalue weighted by atomic mass is 16.6. The quantitative estimate of drug-likeness (QED) is 0.356. The molecule has 4 aliphatic carbocycles. The van der Waals surface area contributed by atoms with E-state index in [4.69, 9.17) is 18.9 Å². The van der Waals surface area contributed by atoms with Crippen LogP contribution in [0.3, 0.4) is 0 Å². The molecule has 0 unspecified atom stereocenters. The zero-order chi connectivity index (χ0) is 29.7. The number of hydrogen-bond donors (Lipinski definition) is 2. The first-order chi connectivity index (χ1) is 20.0. The fourth-order valence-electron chi connectivity index (χ4n) is 10.2. The molecule has 0 aromatic carbocycles. The Hall–Kier alpha value is -2.17. The van der Waals surface area contributed by atoms with Crippen LogP contribution in [0.4, 0.5) is 4.79 Å². The van der Waals surface area contributed by atoms with Gasteiger partial charge in [0.05, 0.1) is 18.8 Å². The number of cyclic esters (lactones) is 1. The van der Waals surface area contributed by atoms with Gasteiger partial charge in [-0.15, -0.1) is 0 Å². The lowest BCUT2D eigenvalue weighted by atomic mass is 9.43. The molecule has 234 valence electrons. The van der Waals surface area contributed by atoms with Gasteiger partial charge in [0.25, 0.3) is 0 Å². The number of carbonyl (C=O) groups is 3. The van der Waals surface area contributed by atoms with Crippen LogP contribution in [0.1, 0.15) is 72.1 Å². The Morgan fingerprint density at radius 1 is 1.12 bits per heavy atom. The van der Waals surface area contributed by atoms with Crippen LogP contribution < -0.4 is 5.32 Å². The van der Waals surface area contributed by atoms with Crippen molar-refractivity contribution in [2.45, 2.75) is 89.9 Å². The van der Waals surface area contributed by atoms with Crippen LogP contribution in [0, 0.1) is 34.5 Å². The molecule has 1 saturated heterocycles. The molecule has 4 saturated carbocycles. The number of morpholine rings is 1. The summed E-state index contributed by atoms with van der Waals surface area (Å²) < 4.78 is 22.0. The van der Waals surface area contributed by atoms with E-state index in [1.165, 1.54) is 6.92 Å². The van der Waals surface area contributed by atoms with Crippen LogP contribution >= 0.6 is 0 Å². The molecule has 0 radical (unpaired) electrons. The molecule has 42 heavy (non-hydrogen) atoms. The normalized spacial score (nSPS) is 43.3. The van der Waals surface area contributed by atoms with Gasteiger partial charge >= 0.3 is 18.0 Å². The number of amides is 1. The summed E-state index contributed by atoms with van der Waals surface area (Å²) in [4.78, 5) is 39.0. The van der Waals surface area contributed by atoms with Gasteiger partial charge in [-0.1, -0.05) is 13.8 Å². The van der Waals surface area contributed by atoms with Crippen molar-refractivity contribution in [3.05, 3.63) is 11.6 Å². The van der Waals surface area contributed by atoms with Gasteiger partial charge in [-0.05, 0) is 73.7 Å². The van der Waals surface area contributed by atoms with Gasteiger partial charge in [-0.25, -0.2) is 9.59 Å². The molecule has 0 spiro atoms. The van der Waals surface area contributed by atoms with Crippen molar-refractivity contribution in [3.63, 3.8) is 0 Å². The van der Waals surface area contributed by atoms with Crippen molar-refractivity contribution < 1.29 is 38.4 Å². The average Bonchev–Trinajstić information content (AvgIpc) is 3.46. The summed E-state index contributed by atoms with van der Waals surface area (Å²) in [6.07, 6.45) is 7.65. The van der Waals surface area contributed by atoms with Gasteiger partial charge in [-0.2, -0.15) is 0 Å². The average molecular weight is 589 g/mol. The monoisotopic (exact) mass is 588 g/mol. The minimum Gasteiger partial charge on any atom is -0.462 e. The molecular formula is C32H48N2O8. The van der Waals surface area contributed by atoms with Crippen molar-refractivity contribution in [1.82, 2.24) is 10.2 Å². The molecule has 0 bridgehead atoms. The first kappa shape index (κ1) is 29.9. The van der Waals surface area contributed by atoms with Crippen LogP contribution in [0.5, 0.6) is 0 Å². The number of nitrogens with zero attached hydrogens (tertiary/aromatic N) is 1. The summed E-state index contributed by atoms with van der Waals surface area (Å²) in [6, 6.07) is 0.100. The Morgan fingerprint density at radius 2 is 1.90 bits per heavy atom. The minimum atomic E-state index is -0.999. The smallest absolute Gasteiger partial charge is 0.407 e. The van der Waals surface area contributed by atoms with Crippen LogP contribution in [-0.4, -0.2) is 91.8 Å². The Labute approximate surface area is 248 Å². The molecule has 0 aromatic rings. The van der Waals surface area contributed by atoms with Gasteiger partial charge < -0.3 is 29.4 Å². The molecular weight excluding hydrogens is 540 g/mol. The number of aliphatic hydroxyl groups is 1. The van der Waals surface area contributed by atoms with Gasteiger partial charge in [0.2, 0.25) is 0 Å². The topological polar surface area (TPSA) is 124 Å². The Morgan fingerprint density at radius 3 is 2.62 bits per heavy atom. The standard InChI is InChI=1S/C32H48N2O8/c1-20(35)42-26-18-32(38)25-5-4-22-17-23(33-29(37)40-15-12-34-10-13-39-14-11-34)6-8-30(22,2)24(25)7-9-31(32,3)28(26)21-16-27(36)41-19-21/h16,22-26,28,38H,4-15,17-19H2,1-3H3,(H,33,37)/t22-,23+,24+,25-,26+,28+,30+,31-,32+/m1/s1. The van der Waals surface area contributed by atoms with Gasteiger partial charge in [-0.3, -0.25) is 9.69 Å². The van der Waals surface area contributed by atoms with Crippen LogP contribution in [0.15, 0.2) is 11.6 Å². The van der Waals surface area contributed by atoms with E-state index < -0.39 is 17.1 Å². The van der Waals surface area contributed by atoms with E-state index in [1.54, 1.807) is 6.08 Å². The third-order valence-electron chi connectivity index (χ3n) is 12.3. The third-order valence-corrected chi connectivity index (χ3v) is 12.3. The first-order valence-electron chi connectivity index (χ1n) is 16.0. The largest absolute Gasteiger partial charge is 0.462 e. The highest BCUT2D eigenvalue weighted by molar-refractivity contribution is 5.85. The van der Waals surface area contributed by atoms with E-state index in [0.717, 1.165) is 83.4 Å². The number of hydrogen-bond acceptors (Lipinski definition) is 9. The zero-order valence-electron chi connectivity index (χ0n) is 25.4. The molecule has 2 heterocycles. The fourth-order valence-corrected chi connectivity index (χ4v) is 10.2. The molecule has 1 amide bonds. The van der Waals surface area contributed by atoms with Crippen LogP contribution in [-0.2, 0) is 28.5 Å². The molecule has 2 N–H and O–H groups in total. The van der Waals surface area contributed by atoms with Gasteiger partial charge in [0, 0.05) is 56.4 Å². The molecule has 6 aliphatic rings. The maximum absolute atomic E-state index is 12.7. The second-order valence-corrected chi connectivity index (χ2v) is 14.2. The fraction of sp³-hybridized carbons (Fsp3) is 0.844. The molecule has 2 aliphatic heterocycles. The Balaban J connectivity index is 1.12. The molecule has 10 heteroatoms. The Kier molecular flexibility index (Phi) is 8.11. The van der Waals surface area contributed by atoms with E-state index in [9.17, 15) is 19.5 Å². The zero-order valence-corrected chi connectivity index (χ0v) is 25.4. The van der Waals surface area contributed by atoms with E-state index in [-0.39, 0.29) is 47.9 Å². The van der Waals surface area contributed by atoms with Crippen molar-refractivity contribution in [3.8, 4) is 0 Å². The molecule has 0 aromatic heterocycles. The van der Waals surface area contributed by atoms with Crippen molar-refractivity contribution >= 4 is 18.0 Å². The summed E-state index contributed by atoms with van der Waals surface area (Å²) in [5.74, 6) is -0.0579. The van der Waals surface area contributed by atoms with Crippen molar-refractivity contribution in [1.29, 1.82) is 0 Å². The lowest BCUT2D eigenvalue weighted by molar-refractivity contribution is -0.204. The van der Waals surface area contributed by atoms with Crippen LogP contribution in [0.25, 0.3) is 0 Å². The summed E-state index contributed by atoms with van der Waals surface area (Å²) in [5, 5.41) is 15.8. The molecule has 6 rings (SSSR count). The van der Waals surface area contributed by atoms with Gasteiger partial charge in [0.1, 0.15) is 19.3 Å². The number of carbonyl (C=O) groups excluding carboxylic acids is 3. The SMILES string of the molecule is CC(=O)O[C@H]1C[C@]2(O)[C@@H]3CC[C@@H]4C[C@@H](NC(=O)OCCN5CCOCC5)CC[C@]4(C)[C@H]3CC[C@]2(C)[C@H]1C1=CC(=O)OC1. The maximum atomic E-state index is 12.7. The minimum absolute atomic E-state index is 0.0686. The molecule has 9 atom stereocenters. The van der Waals surface area contributed by atoms with E-state index in [2.05, 4.69) is 24.1 Å². The van der Waals surface area contributed by atoms with E-state index in [0.29, 0.717) is 24.9 Å². The molecule has 5 fully saturated rings. The van der Waals surface area contributed by atoms with Crippen molar-refractivity contribution in [2.75, 3.05) is 46.1 Å². The summed E-state index contributed by atoms with van der Waals surface area (Å²) >= 11 is 0. The number of fused-ring (bicyclic) bond motifs is 5. The number of esters is 2. The highest BCUT2D eigenvalue weighted by Gasteiger charge is 2.71. The van der Waals surface area contributed by atoms with E-state index in [1.807, 2.05) is 0 Å². The second-order valence-electron chi connectivity index (χ2n) is 14.2. The Bertz CT molecular complexity index is 1110. The maximum Gasteiger partial charge on any atom is 0.407 e. The molecule has 10 nitrogen and oxygen atoms in total. The number of nitrogens with one attached hydrogen (secondary N) is 1. The first-order valence-corrected chi connectivity index (χ1v) is 16.0. The third kappa shape index (κ3) is 5.15. The summed E-state index contributed by atoms with van der Waals surface area (Å²) in [5.41, 5.74) is -0.604. The van der Waals surface area contributed by atoms with Crippen molar-refractivity contribution in [2.24, 2.45) is 34.5 Å². The lowest BCUT2D eigenvalue weighted by Gasteiger charge is -2.63. The number of rotatable bonds is 6. The summed E-state index contributed by atoms with van der Waals surface area (Å²) in [7, 11) is 0. The lowest BCUT2D eigenvalue weighted by Crippen LogP contribution is -2.62. The predicted molar refractivity (Wildman–Crippen MR) is 152 cm³/mol. The summed E-state index contributed by atoms with van der Waals surface area (Å²) in [6.45, 7) is 10.5. The number of alkyl carbamates (subject to hydrolysis) is 1. The van der Waals surface area contributed by atoms with Crippen LogP contribution in [0.2, 0.25) is 0 Å². The van der Waals surface area contributed by atoms with Gasteiger partial charge in [0.15, 0.2) is 0 Å². The highest BCUT2D eigenvalue weighted by Crippen LogP contribution is 2.70. The predicted octanol–water partition coefficient (Wildman–Crippen LogP) is 3.21. The second kappa shape index (κ2) is 11.4. The number of ether oxygens (including phenoxy) is 4.